The van der Waals surface area contributed by atoms with E-state index >= 15 is 0 Å². The fraction of sp³-hybridized carbons (Fsp3) is 0. The smallest absolute Gasteiger partial charge is 0.0104 e. The molecule has 0 aromatic heterocycles. The molecule has 0 unspecified atom stereocenters. The summed E-state index contributed by atoms with van der Waals surface area (Å²) in [7, 11) is 0. The van der Waals surface area contributed by atoms with Crippen LogP contribution in [-0.2, 0) is 5.15 Å². The summed E-state index contributed by atoms with van der Waals surface area (Å²) in [5, 5.41) is 1.25. The number of halogens is 2. The second-order valence-electron chi connectivity index (χ2n) is 0.0583. The summed E-state index contributed by atoms with van der Waals surface area (Å²) in [6.07, 6.45) is 0. The maximum atomic E-state index is 9.12. The van der Waals surface area contributed by atoms with Crippen LogP contribution in [0, 0.1) is 0 Å². The van der Waals surface area contributed by atoms with Gasteiger partial charge in [-0.15, -0.1) is 0 Å². The van der Waals surface area contributed by atoms with Gasteiger partial charge in [-0.2, -0.15) is 0 Å². The number of hydrogen-bond acceptors (Lipinski definition) is 1. The summed E-state index contributed by atoms with van der Waals surface area (Å²) in [6.45, 7) is 0. The Morgan fingerprint density at radius 3 is 1.25 bits per heavy atom. The third-order valence-corrected chi connectivity index (χ3v) is 0. The van der Waals surface area contributed by atoms with Crippen LogP contribution in [0.25, 0.3) is 0 Å². The van der Waals surface area contributed by atoms with Gasteiger partial charge < -0.3 is 0 Å². The van der Waals surface area contributed by atoms with Gasteiger partial charge in [0.2, 0.25) is 0 Å². The molecule has 0 spiro atoms. The second kappa shape index (κ2) is 12.1. The fourth-order valence-electron chi connectivity index (χ4n) is 0. The molecule has 0 aliphatic rings. The van der Waals surface area contributed by atoms with E-state index in [1.54, 1.807) is 0 Å². The summed E-state index contributed by atoms with van der Waals surface area (Å²) in [4.78, 5) is 0. The predicted molar refractivity (Wildman–Crippen MR) is 9.05 cm³/mol. The SMILES string of the molecule is FOF.[Be]. The number of rotatable bonds is 0. The Balaban J connectivity index is 0. The molecule has 1 nitrogen and oxygen atoms in total. The Labute approximate surface area is 25.6 Å². The van der Waals surface area contributed by atoms with Crippen LogP contribution in [0.1, 0.15) is 0 Å². The van der Waals surface area contributed by atoms with Crippen molar-refractivity contribution in [1.82, 2.24) is 0 Å². The second-order valence-corrected chi connectivity index (χ2v) is 0.0583. The maximum Gasteiger partial charge on any atom is 0.0209 e. The summed E-state index contributed by atoms with van der Waals surface area (Å²) >= 11 is 0. The van der Waals surface area contributed by atoms with E-state index < -0.39 is 0 Å². The van der Waals surface area contributed by atoms with Gasteiger partial charge in [0.15, 0.2) is 0 Å². The van der Waals surface area contributed by atoms with Crippen molar-refractivity contribution in [2.45, 2.75) is 0 Å². The van der Waals surface area contributed by atoms with Crippen LogP contribution >= 0.6 is 0 Å². The van der Waals surface area contributed by atoms with Crippen molar-refractivity contribution in [3.63, 3.8) is 0 Å². The topological polar surface area (TPSA) is 9.23 Å². The molecular weight excluding hydrogens is 63.0 g/mol. The van der Waals surface area contributed by atoms with Crippen LogP contribution < -0.4 is 0 Å². The van der Waals surface area contributed by atoms with Crippen molar-refractivity contribution >= 4 is 10.1 Å². The number of hydrogen-bond donors (Lipinski definition) is 0. The Morgan fingerprint density at radius 2 is 1.25 bits per heavy atom. The van der Waals surface area contributed by atoms with E-state index in [2.05, 4.69) is 0 Å². The average molecular weight is 63.0 g/mol. The van der Waals surface area contributed by atoms with Crippen LogP contribution in [0.5, 0.6) is 0 Å². The van der Waals surface area contributed by atoms with Gasteiger partial charge in [0, 0.05) is 15.3 Å². The van der Waals surface area contributed by atoms with Crippen LogP contribution in [-0.4, -0.2) is 10.1 Å². The zero-order chi connectivity index (χ0) is 2.71. The minimum Gasteiger partial charge on any atom is -0.0104 e. The van der Waals surface area contributed by atoms with Gasteiger partial charge in [-0.3, -0.25) is 0 Å². The molecule has 0 saturated heterocycles. The fourth-order valence-corrected chi connectivity index (χ4v) is 0. The first kappa shape index (κ1) is 9.01. The van der Waals surface area contributed by atoms with E-state index in [4.69, 9.17) is 9.05 Å². The van der Waals surface area contributed by atoms with Gasteiger partial charge in [-0.25, -0.2) is 0 Å². The molecule has 2 radical (unpaired) electrons. The average Bonchev–Trinajstić information content (AvgIpc) is 0.918. The Kier molecular flexibility index (Phi) is 27.2. The van der Waals surface area contributed by atoms with Crippen molar-refractivity contribution in [2.75, 3.05) is 0 Å². The van der Waals surface area contributed by atoms with Crippen molar-refractivity contribution in [2.24, 2.45) is 0 Å². The van der Waals surface area contributed by atoms with Gasteiger partial charge in [0.05, 0.1) is 0 Å². The summed E-state index contributed by atoms with van der Waals surface area (Å²) in [6, 6.07) is 0. The molecular formula is BeF2O. The van der Waals surface area contributed by atoms with E-state index in [-0.39, 0.29) is 10.1 Å². The third-order valence-electron chi connectivity index (χ3n) is 0. The molecule has 0 saturated carbocycles. The van der Waals surface area contributed by atoms with Crippen molar-refractivity contribution in [1.29, 1.82) is 0 Å². The van der Waals surface area contributed by atoms with Crippen molar-refractivity contribution in [3.8, 4) is 0 Å². The van der Waals surface area contributed by atoms with E-state index in [1.165, 1.54) is 5.15 Å². The Hall–Kier alpha value is -0.0112. The van der Waals surface area contributed by atoms with E-state index in [1.807, 2.05) is 0 Å². The molecule has 0 aliphatic carbocycles. The van der Waals surface area contributed by atoms with Crippen molar-refractivity contribution in [3.05, 3.63) is 0 Å². The molecule has 4 heavy (non-hydrogen) atoms. The first-order valence-electron chi connectivity index (χ1n) is 0.309. The van der Waals surface area contributed by atoms with Crippen LogP contribution in [0.4, 0.5) is 9.05 Å². The zero-order valence-electron chi connectivity index (χ0n) is 1.87. The summed E-state index contributed by atoms with van der Waals surface area (Å²) < 4.78 is 18.2. The third kappa shape index (κ3) is 15600. The van der Waals surface area contributed by atoms with E-state index in [0.717, 1.165) is 0 Å². The molecule has 0 aromatic carbocycles. The Morgan fingerprint density at radius 1 is 1.25 bits per heavy atom. The molecule has 0 amide bonds. The van der Waals surface area contributed by atoms with Gasteiger partial charge in [0.25, 0.3) is 0 Å². The van der Waals surface area contributed by atoms with E-state index in [9.17, 15) is 0 Å². The molecule has 0 atom stereocenters. The molecule has 4 heteroatoms. The van der Waals surface area contributed by atoms with E-state index in [0.29, 0.717) is 0 Å². The minimum atomic E-state index is 0. The van der Waals surface area contributed by atoms with Gasteiger partial charge in [-0.05, 0) is 9.05 Å². The zero-order valence-corrected chi connectivity index (χ0v) is 1.87. The standard InChI is InChI=1S/Be.F2O/c;1-3-2. The van der Waals surface area contributed by atoms with Gasteiger partial charge in [-0.1, -0.05) is 0 Å². The molecule has 0 heterocycles. The van der Waals surface area contributed by atoms with Crippen molar-refractivity contribution < 1.29 is 14.2 Å². The van der Waals surface area contributed by atoms with Crippen LogP contribution in [0.3, 0.4) is 0 Å². The minimum absolute atomic E-state index is 0. The molecule has 0 N–H and O–H groups in total. The molecule has 22 valence electrons. The molecule has 0 aromatic rings. The molecule has 0 bridgehead atoms. The quantitative estimate of drug-likeness (QED) is 0.369. The summed E-state index contributed by atoms with van der Waals surface area (Å²) in [5.41, 5.74) is 0. The largest absolute Gasteiger partial charge is 0.0209 e. The summed E-state index contributed by atoms with van der Waals surface area (Å²) in [5.74, 6) is 0. The predicted octanol–water partition coefficient (Wildman–Crippen LogP) is 0.391. The molecule has 0 fully saturated rings. The first-order valence-corrected chi connectivity index (χ1v) is 0.309. The van der Waals surface area contributed by atoms with Gasteiger partial charge >= 0.3 is 0 Å². The molecule has 0 aliphatic heterocycles. The first-order chi connectivity index (χ1) is 1.41. The van der Waals surface area contributed by atoms with Crippen LogP contribution in [0.2, 0.25) is 0 Å². The van der Waals surface area contributed by atoms with Crippen LogP contribution in [0.15, 0.2) is 0 Å². The monoisotopic (exact) mass is 63.0 g/mol. The molecule has 0 rings (SSSR count). The normalized spacial score (nSPS) is 4.50. The van der Waals surface area contributed by atoms with Gasteiger partial charge in [0.1, 0.15) is 0 Å². The maximum absolute atomic E-state index is 9.12. The Bertz CT molecular complexity index is 6.00.